The summed E-state index contributed by atoms with van der Waals surface area (Å²) in [4.78, 5) is 30.4. The molecule has 0 bridgehead atoms. The molecule has 0 radical (unpaired) electrons. The summed E-state index contributed by atoms with van der Waals surface area (Å²) in [5, 5.41) is 11.9. The molecule has 29 heavy (non-hydrogen) atoms. The third-order valence-corrected chi connectivity index (χ3v) is 4.99. The number of fused-ring (bicyclic) bond motifs is 1. The summed E-state index contributed by atoms with van der Waals surface area (Å²) >= 11 is 0. The van der Waals surface area contributed by atoms with Crippen molar-refractivity contribution in [1.82, 2.24) is 10.2 Å². The van der Waals surface area contributed by atoms with Gasteiger partial charge in [0.15, 0.2) is 0 Å². The molecule has 0 fully saturated rings. The van der Waals surface area contributed by atoms with Gasteiger partial charge in [-0.3, -0.25) is 9.79 Å². The van der Waals surface area contributed by atoms with E-state index in [0.717, 1.165) is 16.7 Å². The maximum absolute atomic E-state index is 13.3. The molecule has 2 aliphatic rings. The zero-order valence-electron chi connectivity index (χ0n) is 15.5. The summed E-state index contributed by atoms with van der Waals surface area (Å²) in [6.45, 7) is 0. The molecule has 2 aromatic carbocycles. The first-order chi connectivity index (χ1) is 14.0. The van der Waals surface area contributed by atoms with Crippen LogP contribution >= 0.6 is 0 Å². The number of carbonyl (C=O) groups is 2. The number of nitrogens with zero attached hydrogens (tertiary/aromatic N) is 2. The minimum absolute atomic E-state index is 0.185. The zero-order valence-corrected chi connectivity index (χ0v) is 15.5. The van der Waals surface area contributed by atoms with Crippen molar-refractivity contribution in [3.8, 4) is 0 Å². The molecule has 2 aliphatic heterocycles. The minimum atomic E-state index is -1.00. The van der Waals surface area contributed by atoms with Crippen LogP contribution in [0.4, 0.5) is 4.39 Å². The third-order valence-electron chi connectivity index (χ3n) is 4.99. The molecule has 1 amide bonds. The summed E-state index contributed by atoms with van der Waals surface area (Å²) in [5.74, 6) is -0.960. The molecule has 2 heterocycles. The van der Waals surface area contributed by atoms with Crippen LogP contribution in [0, 0.1) is 5.82 Å². The van der Waals surface area contributed by atoms with Crippen LogP contribution in [-0.2, 0) is 4.79 Å². The first-order valence-electron chi connectivity index (χ1n) is 9.05. The van der Waals surface area contributed by atoms with Crippen molar-refractivity contribution < 1.29 is 19.1 Å². The van der Waals surface area contributed by atoms with Gasteiger partial charge in [0.05, 0.1) is 5.56 Å². The van der Waals surface area contributed by atoms with Gasteiger partial charge in [0.1, 0.15) is 23.7 Å². The number of carbonyl (C=O) groups excluding carboxylic acids is 1. The average Bonchev–Trinajstić information content (AvgIpc) is 3.12. The maximum atomic E-state index is 13.3. The highest BCUT2D eigenvalue weighted by atomic mass is 19.1. The highest BCUT2D eigenvalue weighted by Gasteiger charge is 2.41. The lowest BCUT2D eigenvalue weighted by Gasteiger charge is -2.28. The van der Waals surface area contributed by atoms with Gasteiger partial charge in [-0.15, -0.1) is 0 Å². The number of nitrogens with one attached hydrogen (secondary N) is 1. The molecule has 0 aromatic heterocycles. The van der Waals surface area contributed by atoms with Crippen molar-refractivity contribution in [1.29, 1.82) is 0 Å². The fourth-order valence-corrected chi connectivity index (χ4v) is 3.54. The van der Waals surface area contributed by atoms with E-state index in [0.29, 0.717) is 5.84 Å². The molecule has 0 aliphatic carbocycles. The second kappa shape index (κ2) is 7.35. The van der Waals surface area contributed by atoms with Crippen molar-refractivity contribution in [3.05, 3.63) is 89.4 Å². The second-order valence-electron chi connectivity index (χ2n) is 6.75. The van der Waals surface area contributed by atoms with Gasteiger partial charge in [-0.2, -0.15) is 0 Å². The van der Waals surface area contributed by atoms with E-state index >= 15 is 0 Å². The van der Waals surface area contributed by atoms with Crippen LogP contribution in [-0.4, -0.2) is 40.8 Å². The van der Waals surface area contributed by atoms with Gasteiger partial charge in [-0.25, -0.2) is 9.18 Å². The molecule has 146 valence electrons. The van der Waals surface area contributed by atoms with Gasteiger partial charge in [0, 0.05) is 13.2 Å². The standard InChI is InChI=1S/C22H18FN3O3/c1-24-21(27)20-19(13-5-8-17(23)9-6-13)25-18-10-7-16(12-26(18)20)14-3-2-4-15(11-14)22(28)29/h2-12,19-20H,1H3,(H,24,27)(H,28,29). The Morgan fingerprint density at radius 3 is 2.59 bits per heavy atom. The van der Waals surface area contributed by atoms with Crippen LogP contribution in [0.15, 0.2) is 71.9 Å². The third kappa shape index (κ3) is 3.42. The van der Waals surface area contributed by atoms with E-state index < -0.39 is 18.1 Å². The van der Waals surface area contributed by atoms with Crippen molar-refractivity contribution in [3.63, 3.8) is 0 Å². The number of hydrogen-bond acceptors (Lipinski definition) is 4. The number of halogens is 1. The number of carboxylic acid groups (broad SMARTS) is 1. The van der Waals surface area contributed by atoms with Gasteiger partial charge in [-0.1, -0.05) is 24.3 Å². The number of aromatic carboxylic acids is 1. The van der Waals surface area contributed by atoms with Crippen LogP contribution < -0.4 is 5.32 Å². The normalized spacial score (nSPS) is 20.0. The Kier molecular flexibility index (Phi) is 4.72. The number of aliphatic imine (C=N–C) groups is 1. The molecule has 2 unspecified atom stereocenters. The van der Waals surface area contributed by atoms with E-state index in [1.807, 2.05) is 12.1 Å². The predicted octanol–water partition coefficient (Wildman–Crippen LogP) is 3.00. The van der Waals surface area contributed by atoms with Crippen molar-refractivity contribution in [2.75, 3.05) is 7.05 Å². The molecule has 2 N–H and O–H groups in total. The summed E-state index contributed by atoms with van der Waals surface area (Å²) < 4.78 is 13.3. The molecule has 2 atom stereocenters. The molecule has 0 spiro atoms. The Morgan fingerprint density at radius 1 is 1.14 bits per heavy atom. The van der Waals surface area contributed by atoms with Crippen LogP contribution in [0.1, 0.15) is 27.5 Å². The number of likely N-dealkylation sites (N-methyl/N-ethyl adjacent to an activating group) is 1. The van der Waals surface area contributed by atoms with Crippen molar-refractivity contribution in [2.45, 2.75) is 12.1 Å². The Hall–Kier alpha value is -3.74. The van der Waals surface area contributed by atoms with E-state index in [9.17, 15) is 19.1 Å². The minimum Gasteiger partial charge on any atom is -0.478 e. The largest absolute Gasteiger partial charge is 0.478 e. The number of rotatable bonds is 4. The first-order valence-corrected chi connectivity index (χ1v) is 9.05. The zero-order chi connectivity index (χ0) is 20.5. The van der Waals surface area contributed by atoms with Gasteiger partial charge < -0.3 is 15.3 Å². The number of benzene rings is 2. The molecular formula is C22H18FN3O3. The average molecular weight is 391 g/mol. The molecule has 6 nitrogen and oxygen atoms in total. The number of hydrogen-bond donors (Lipinski definition) is 2. The van der Waals surface area contributed by atoms with Crippen LogP contribution in [0.3, 0.4) is 0 Å². The van der Waals surface area contributed by atoms with Crippen LogP contribution in [0.25, 0.3) is 5.57 Å². The number of amidine groups is 1. The second-order valence-corrected chi connectivity index (χ2v) is 6.75. The molecular weight excluding hydrogens is 373 g/mol. The SMILES string of the molecule is CNC(=O)C1C(c2ccc(F)cc2)N=C2C=CC(c3cccc(C(=O)O)c3)=CN21. The van der Waals surface area contributed by atoms with E-state index in [1.54, 1.807) is 48.5 Å². The number of allylic oxidation sites excluding steroid dienone is 2. The Bertz CT molecular complexity index is 1070. The molecule has 2 aromatic rings. The Morgan fingerprint density at radius 2 is 1.90 bits per heavy atom. The highest BCUT2D eigenvalue weighted by Crippen LogP contribution is 2.35. The van der Waals surface area contributed by atoms with Gasteiger partial charge in [-0.05, 0) is 53.1 Å². The van der Waals surface area contributed by atoms with Gasteiger partial charge in [0.2, 0.25) is 5.91 Å². The van der Waals surface area contributed by atoms with E-state index in [-0.39, 0.29) is 17.3 Å². The maximum Gasteiger partial charge on any atom is 0.335 e. The fraction of sp³-hybridized carbons (Fsp3) is 0.136. The number of carboxylic acids is 1. The van der Waals surface area contributed by atoms with Crippen LogP contribution in [0.5, 0.6) is 0 Å². The smallest absolute Gasteiger partial charge is 0.335 e. The van der Waals surface area contributed by atoms with Crippen molar-refractivity contribution in [2.24, 2.45) is 4.99 Å². The van der Waals surface area contributed by atoms with Crippen molar-refractivity contribution >= 4 is 23.3 Å². The lowest BCUT2D eigenvalue weighted by molar-refractivity contribution is -0.124. The summed E-state index contributed by atoms with van der Waals surface area (Å²) in [7, 11) is 1.56. The first kappa shape index (κ1) is 18.6. The summed E-state index contributed by atoms with van der Waals surface area (Å²) in [6, 6.07) is 11.4. The van der Waals surface area contributed by atoms with E-state index in [1.165, 1.54) is 18.2 Å². The van der Waals surface area contributed by atoms with E-state index in [4.69, 9.17) is 0 Å². The topological polar surface area (TPSA) is 82.0 Å². The Labute approximate surface area is 166 Å². The van der Waals surface area contributed by atoms with Gasteiger partial charge in [0.25, 0.3) is 0 Å². The molecule has 4 rings (SSSR count). The fourth-order valence-electron chi connectivity index (χ4n) is 3.54. The quantitative estimate of drug-likeness (QED) is 0.840. The summed E-state index contributed by atoms with van der Waals surface area (Å²) in [5.41, 5.74) is 2.41. The monoisotopic (exact) mass is 391 g/mol. The molecule has 0 saturated carbocycles. The highest BCUT2D eigenvalue weighted by molar-refractivity contribution is 6.05. The Balaban J connectivity index is 1.73. The van der Waals surface area contributed by atoms with E-state index in [2.05, 4.69) is 10.3 Å². The molecule has 7 heteroatoms. The predicted molar refractivity (Wildman–Crippen MR) is 107 cm³/mol. The molecule has 0 saturated heterocycles. The number of amides is 1. The lowest BCUT2D eigenvalue weighted by atomic mass is 9.98. The summed E-state index contributed by atoms with van der Waals surface area (Å²) in [6.07, 6.45) is 5.43. The van der Waals surface area contributed by atoms with Gasteiger partial charge >= 0.3 is 5.97 Å². The lowest BCUT2D eigenvalue weighted by Crippen LogP contribution is -2.45. The van der Waals surface area contributed by atoms with Crippen LogP contribution in [0.2, 0.25) is 0 Å².